The van der Waals surface area contributed by atoms with Gasteiger partial charge in [0.1, 0.15) is 10.7 Å². The second-order valence-electron chi connectivity index (χ2n) is 5.07. The molecule has 2 rings (SSSR count). The third-order valence-corrected chi connectivity index (χ3v) is 3.63. The Kier molecular flexibility index (Phi) is 4.55. The lowest BCUT2D eigenvalue weighted by Gasteiger charge is -2.31. The molecule has 2 atom stereocenters. The maximum absolute atomic E-state index is 10.7. The zero-order valence-corrected chi connectivity index (χ0v) is 11.2. The molecule has 2 heterocycles. The third kappa shape index (κ3) is 3.13. The van der Waals surface area contributed by atoms with Crippen LogP contribution in [0.5, 0.6) is 0 Å². The minimum atomic E-state index is -0.504. The molecule has 1 aromatic rings. The molecule has 0 amide bonds. The summed E-state index contributed by atoms with van der Waals surface area (Å²) in [5.41, 5.74) is 6.25. The summed E-state index contributed by atoms with van der Waals surface area (Å²) in [7, 11) is 0. The van der Waals surface area contributed by atoms with Gasteiger partial charge in [0.05, 0.1) is 12.1 Å². The van der Waals surface area contributed by atoms with Crippen molar-refractivity contribution in [1.82, 2.24) is 4.90 Å². The number of rotatable bonds is 4. The van der Waals surface area contributed by atoms with Crippen LogP contribution in [-0.4, -0.2) is 29.0 Å². The number of nitrogens with two attached hydrogens (primary N) is 1. The molecule has 0 saturated carbocycles. The quantitative estimate of drug-likeness (QED) is 0.669. The monoisotopic (exact) mass is 267 g/mol. The molecule has 106 valence electrons. The maximum atomic E-state index is 10.7. The highest BCUT2D eigenvalue weighted by Gasteiger charge is 2.31. The second kappa shape index (κ2) is 6.16. The lowest BCUT2D eigenvalue weighted by Crippen LogP contribution is -2.40. The first-order valence-corrected chi connectivity index (χ1v) is 6.87. The van der Waals surface area contributed by atoms with Gasteiger partial charge in [-0.05, 0) is 38.4 Å². The van der Waals surface area contributed by atoms with Crippen molar-refractivity contribution in [2.75, 3.05) is 13.1 Å². The van der Waals surface area contributed by atoms with Crippen LogP contribution in [-0.2, 0) is 0 Å². The van der Waals surface area contributed by atoms with Crippen LogP contribution in [0.25, 0.3) is 0 Å². The summed E-state index contributed by atoms with van der Waals surface area (Å²) in [6, 6.07) is 3.03. The van der Waals surface area contributed by atoms with Gasteiger partial charge < -0.3 is 10.2 Å². The Morgan fingerprint density at radius 2 is 2.32 bits per heavy atom. The molecule has 1 aromatic heterocycles. The van der Waals surface area contributed by atoms with Crippen molar-refractivity contribution >= 4 is 5.88 Å². The summed E-state index contributed by atoms with van der Waals surface area (Å²) in [5.74, 6) is 0.414. The second-order valence-corrected chi connectivity index (χ2v) is 5.07. The van der Waals surface area contributed by atoms with E-state index in [1.54, 1.807) is 6.07 Å². The minimum absolute atomic E-state index is 0.0280. The molecule has 0 aliphatic carbocycles. The van der Waals surface area contributed by atoms with E-state index in [1.165, 1.54) is 6.07 Å². The molecular weight excluding hydrogens is 246 g/mol. The largest absolute Gasteiger partial charge is 0.433 e. The smallest absolute Gasteiger partial charge is 0.404 e. The van der Waals surface area contributed by atoms with E-state index in [-0.39, 0.29) is 18.0 Å². The Morgan fingerprint density at radius 1 is 1.53 bits per heavy atom. The fraction of sp³-hybridized carbons (Fsp3) is 0.692. The predicted molar refractivity (Wildman–Crippen MR) is 71.8 cm³/mol. The van der Waals surface area contributed by atoms with Crippen molar-refractivity contribution in [2.45, 2.75) is 44.7 Å². The minimum Gasteiger partial charge on any atom is -0.404 e. The van der Waals surface area contributed by atoms with E-state index >= 15 is 0 Å². The summed E-state index contributed by atoms with van der Waals surface area (Å²) in [6.45, 7) is 4.03. The van der Waals surface area contributed by atoms with Gasteiger partial charge in [-0.1, -0.05) is 13.3 Å². The normalized spacial score (nSPS) is 25.2. The first-order valence-electron chi connectivity index (χ1n) is 6.87. The van der Waals surface area contributed by atoms with Crippen molar-refractivity contribution < 1.29 is 9.34 Å². The van der Waals surface area contributed by atoms with E-state index in [0.717, 1.165) is 38.8 Å². The lowest BCUT2D eigenvalue weighted by atomic mass is 10.0. The fourth-order valence-corrected chi connectivity index (χ4v) is 2.79. The van der Waals surface area contributed by atoms with Crippen molar-refractivity contribution in [2.24, 2.45) is 5.73 Å². The Hall–Kier alpha value is -1.40. The molecule has 6 nitrogen and oxygen atoms in total. The van der Waals surface area contributed by atoms with E-state index in [4.69, 9.17) is 10.2 Å². The predicted octanol–water partition coefficient (Wildman–Crippen LogP) is 2.45. The first-order chi connectivity index (χ1) is 9.13. The first kappa shape index (κ1) is 14.0. The van der Waals surface area contributed by atoms with Crippen LogP contribution in [0, 0.1) is 10.1 Å². The van der Waals surface area contributed by atoms with Crippen LogP contribution < -0.4 is 5.73 Å². The number of furan rings is 1. The van der Waals surface area contributed by atoms with E-state index in [9.17, 15) is 10.1 Å². The molecule has 1 saturated heterocycles. The summed E-state index contributed by atoms with van der Waals surface area (Å²) >= 11 is 0. The van der Waals surface area contributed by atoms with E-state index < -0.39 is 4.92 Å². The molecule has 0 radical (unpaired) electrons. The molecular formula is C13H21N3O3. The molecule has 1 fully saturated rings. The van der Waals surface area contributed by atoms with Gasteiger partial charge in [0, 0.05) is 6.04 Å². The summed E-state index contributed by atoms with van der Waals surface area (Å²) in [4.78, 5) is 12.5. The van der Waals surface area contributed by atoms with Crippen LogP contribution >= 0.6 is 0 Å². The fourth-order valence-electron chi connectivity index (χ4n) is 2.79. The van der Waals surface area contributed by atoms with Crippen molar-refractivity contribution in [3.05, 3.63) is 28.0 Å². The van der Waals surface area contributed by atoms with Gasteiger partial charge in [-0.3, -0.25) is 15.0 Å². The van der Waals surface area contributed by atoms with E-state index in [1.807, 2.05) is 0 Å². The topological polar surface area (TPSA) is 85.5 Å². The highest BCUT2D eigenvalue weighted by Crippen LogP contribution is 2.32. The van der Waals surface area contributed by atoms with E-state index in [0.29, 0.717) is 5.76 Å². The zero-order valence-electron chi connectivity index (χ0n) is 11.2. The van der Waals surface area contributed by atoms with Gasteiger partial charge in [0.2, 0.25) is 0 Å². The molecule has 0 bridgehead atoms. The van der Waals surface area contributed by atoms with Crippen molar-refractivity contribution in [3.63, 3.8) is 0 Å². The third-order valence-electron chi connectivity index (χ3n) is 3.63. The molecule has 1 aliphatic heterocycles. The molecule has 0 spiro atoms. The molecule has 2 N–H and O–H groups in total. The van der Waals surface area contributed by atoms with Crippen LogP contribution in [0.4, 0.5) is 5.88 Å². The summed E-state index contributed by atoms with van der Waals surface area (Å²) in [6.07, 6.45) is 4.18. The van der Waals surface area contributed by atoms with Gasteiger partial charge in [-0.25, -0.2) is 0 Å². The van der Waals surface area contributed by atoms with Gasteiger partial charge in [-0.15, -0.1) is 0 Å². The summed E-state index contributed by atoms with van der Waals surface area (Å²) < 4.78 is 5.37. The molecule has 1 aliphatic rings. The van der Waals surface area contributed by atoms with Crippen LogP contribution in [0.2, 0.25) is 0 Å². The Balaban J connectivity index is 2.26. The number of nitro groups is 1. The molecule has 6 heteroatoms. The highest BCUT2D eigenvalue weighted by atomic mass is 16.6. The molecule has 2 unspecified atom stereocenters. The summed E-state index contributed by atoms with van der Waals surface area (Å²) in [5, 5.41) is 10.7. The standard InChI is InChI=1S/C13H21N3O3/c1-2-8-15-9-4-3-5-10(14)13(15)11-6-7-12(19-11)16(17)18/h6-7,10,13H,2-5,8-9,14H2,1H3. The number of hydrogen-bond acceptors (Lipinski definition) is 5. The highest BCUT2D eigenvalue weighted by molar-refractivity contribution is 5.21. The molecule has 0 aromatic carbocycles. The van der Waals surface area contributed by atoms with Gasteiger partial charge in [-0.2, -0.15) is 0 Å². The molecule has 19 heavy (non-hydrogen) atoms. The van der Waals surface area contributed by atoms with Crippen LogP contribution in [0.1, 0.15) is 44.4 Å². The Morgan fingerprint density at radius 3 is 2.95 bits per heavy atom. The Labute approximate surface area is 112 Å². The van der Waals surface area contributed by atoms with Crippen LogP contribution in [0.15, 0.2) is 16.5 Å². The zero-order chi connectivity index (χ0) is 13.8. The van der Waals surface area contributed by atoms with Gasteiger partial charge in [0.15, 0.2) is 0 Å². The van der Waals surface area contributed by atoms with E-state index in [2.05, 4.69) is 11.8 Å². The van der Waals surface area contributed by atoms with Gasteiger partial charge >= 0.3 is 5.88 Å². The lowest BCUT2D eigenvalue weighted by molar-refractivity contribution is -0.402. The van der Waals surface area contributed by atoms with Crippen molar-refractivity contribution in [1.29, 1.82) is 0 Å². The maximum Gasteiger partial charge on any atom is 0.433 e. The average molecular weight is 267 g/mol. The van der Waals surface area contributed by atoms with Gasteiger partial charge in [0.25, 0.3) is 0 Å². The van der Waals surface area contributed by atoms with Crippen LogP contribution in [0.3, 0.4) is 0 Å². The SMILES string of the molecule is CCCN1CCCCC(N)C1c1ccc([N+](=O)[O-])o1. The number of nitrogens with zero attached hydrogens (tertiary/aromatic N) is 2. The number of hydrogen-bond donors (Lipinski definition) is 1. The number of likely N-dealkylation sites (tertiary alicyclic amines) is 1. The Bertz CT molecular complexity index is 433. The van der Waals surface area contributed by atoms with Crippen molar-refractivity contribution in [3.8, 4) is 0 Å². The average Bonchev–Trinajstić information content (AvgIpc) is 2.77.